The van der Waals surface area contributed by atoms with Crippen LogP contribution in [0.15, 0.2) is 45.9 Å². The molecule has 1 aromatic heterocycles. The molecule has 3 rings (SSSR count). The molecule has 1 aromatic carbocycles. The standard InChI is InChI=1S/C19H27N5O.HI/c1-3-15-12-18(25-23-15)13-21-19(20-2)22-16-8-7-11-24(14-16)17-9-5-4-6-10-17;/h4-6,9-10,12,16H,3,7-8,11,13-14H2,1-2H3,(H2,20,21,22);1H. The molecule has 2 N–H and O–H groups in total. The predicted octanol–water partition coefficient (Wildman–Crippen LogP) is 3.19. The molecular weight excluding hydrogens is 441 g/mol. The Labute approximate surface area is 172 Å². The molecule has 1 aliphatic rings. The number of aliphatic imine (C=N–C) groups is 1. The number of hydrogen-bond donors (Lipinski definition) is 2. The van der Waals surface area contributed by atoms with E-state index >= 15 is 0 Å². The Bertz CT molecular complexity index is 688. The second-order valence-electron chi connectivity index (χ2n) is 6.33. The zero-order chi connectivity index (χ0) is 17.5. The molecule has 6 nitrogen and oxygen atoms in total. The normalized spacial score (nSPS) is 17.5. The Morgan fingerprint density at radius 1 is 1.35 bits per heavy atom. The van der Waals surface area contributed by atoms with Crippen LogP contribution in [0.1, 0.15) is 31.2 Å². The van der Waals surface area contributed by atoms with Gasteiger partial charge >= 0.3 is 0 Å². The fraction of sp³-hybridized carbons (Fsp3) is 0.474. The first kappa shape index (κ1) is 20.5. The summed E-state index contributed by atoms with van der Waals surface area (Å²) in [6.07, 6.45) is 3.20. The summed E-state index contributed by atoms with van der Waals surface area (Å²) in [6.45, 7) is 4.73. The van der Waals surface area contributed by atoms with Crippen molar-refractivity contribution >= 4 is 35.6 Å². The molecule has 1 saturated heterocycles. The first-order chi connectivity index (χ1) is 12.3. The summed E-state index contributed by atoms with van der Waals surface area (Å²) in [6, 6.07) is 12.9. The van der Waals surface area contributed by atoms with Crippen molar-refractivity contribution in [3.63, 3.8) is 0 Å². The zero-order valence-electron chi connectivity index (χ0n) is 15.4. The predicted molar refractivity (Wildman–Crippen MR) is 116 cm³/mol. The lowest BCUT2D eigenvalue weighted by Crippen LogP contribution is -2.51. The van der Waals surface area contributed by atoms with Gasteiger partial charge in [0.25, 0.3) is 0 Å². The third-order valence-electron chi connectivity index (χ3n) is 4.51. The number of halogens is 1. The number of para-hydroxylation sites is 1. The van der Waals surface area contributed by atoms with E-state index < -0.39 is 0 Å². The number of aromatic nitrogens is 1. The Morgan fingerprint density at radius 2 is 2.15 bits per heavy atom. The summed E-state index contributed by atoms with van der Waals surface area (Å²) < 4.78 is 5.31. The molecule has 1 aliphatic heterocycles. The van der Waals surface area contributed by atoms with Crippen molar-refractivity contribution in [1.29, 1.82) is 0 Å². The Kier molecular flexibility index (Phi) is 8.21. The van der Waals surface area contributed by atoms with Gasteiger partial charge in [0.15, 0.2) is 11.7 Å². The van der Waals surface area contributed by atoms with Gasteiger partial charge in [0.2, 0.25) is 0 Å². The number of rotatable bonds is 5. The van der Waals surface area contributed by atoms with Crippen LogP contribution >= 0.6 is 24.0 Å². The molecule has 7 heteroatoms. The largest absolute Gasteiger partial charge is 0.369 e. The molecule has 26 heavy (non-hydrogen) atoms. The summed E-state index contributed by atoms with van der Waals surface area (Å²) in [4.78, 5) is 6.76. The van der Waals surface area contributed by atoms with Gasteiger partial charge < -0.3 is 20.1 Å². The first-order valence-corrected chi connectivity index (χ1v) is 9.00. The minimum Gasteiger partial charge on any atom is -0.369 e. The van der Waals surface area contributed by atoms with Crippen LogP contribution in [-0.2, 0) is 13.0 Å². The highest BCUT2D eigenvalue weighted by atomic mass is 127. The van der Waals surface area contributed by atoms with Gasteiger partial charge in [-0.1, -0.05) is 30.3 Å². The number of anilines is 1. The Hall–Kier alpha value is -1.77. The van der Waals surface area contributed by atoms with Gasteiger partial charge in [0, 0.05) is 37.9 Å². The van der Waals surface area contributed by atoms with Crippen LogP contribution in [0.4, 0.5) is 5.69 Å². The van der Waals surface area contributed by atoms with Gasteiger partial charge in [-0.2, -0.15) is 0 Å². The smallest absolute Gasteiger partial charge is 0.191 e. The highest BCUT2D eigenvalue weighted by Crippen LogP contribution is 2.19. The van der Waals surface area contributed by atoms with Crippen LogP contribution in [0.25, 0.3) is 0 Å². The molecular formula is C19H28IN5O. The Morgan fingerprint density at radius 3 is 2.85 bits per heavy atom. The molecule has 0 bridgehead atoms. The number of guanidine groups is 1. The van der Waals surface area contributed by atoms with E-state index in [9.17, 15) is 0 Å². The molecule has 2 heterocycles. The van der Waals surface area contributed by atoms with E-state index in [4.69, 9.17) is 4.52 Å². The van der Waals surface area contributed by atoms with E-state index in [2.05, 4.69) is 62.9 Å². The van der Waals surface area contributed by atoms with E-state index in [1.54, 1.807) is 7.05 Å². The molecule has 142 valence electrons. The fourth-order valence-corrected chi connectivity index (χ4v) is 3.13. The second kappa shape index (κ2) is 10.4. The van der Waals surface area contributed by atoms with Crippen molar-refractivity contribution in [2.45, 2.75) is 38.8 Å². The number of aryl methyl sites for hydroxylation is 1. The average molecular weight is 469 g/mol. The van der Waals surface area contributed by atoms with Crippen LogP contribution in [0, 0.1) is 0 Å². The third-order valence-corrected chi connectivity index (χ3v) is 4.51. The van der Waals surface area contributed by atoms with Crippen molar-refractivity contribution in [2.24, 2.45) is 4.99 Å². The van der Waals surface area contributed by atoms with Gasteiger partial charge in [-0.05, 0) is 31.4 Å². The molecule has 0 saturated carbocycles. The third kappa shape index (κ3) is 5.62. The number of piperidine rings is 1. The van der Waals surface area contributed by atoms with E-state index in [-0.39, 0.29) is 24.0 Å². The van der Waals surface area contributed by atoms with Crippen molar-refractivity contribution < 1.29 is 4.52 Å². The van der Waals surface area contributed by atoms with Crippen LogP contribution in [0.2, 0.25) is 0 Å². The van der Waals surface area contributed by atoms with Gasteiger partial charge in [0.05, 0.1) is 12.2 Å². The Balaban J connectivity index is 0.00000243. The maximum absolute atomic E-state index is 5.31. The summed E-state index contributed by atoms with van der Waals surface area (Å²) >= 11 is 0. The van der Waals surface area contributed by atoms with Crippen LogP contribution in [-0.4, -0.2) is 37.3 Å². The van der Waals surface area contributed by atoms with Crippen LogP contribution in [0.5, 0.6) is 0 Å². The second-order valence-corrected chi connectivity index (χ2v) is 6.33. The van der Waals surface area contributed by atoms with E-state index in [1.807, 2.05) is 6.07 Å². The summed E-state index contributed by atoms with van der Waals surface area (Å²) in [5, 5.41) is 10.9. The van der Waals surface area contributed by atoms with Crippen molar-refractivity contribution in [3.05, 3.63) is 47.9 Å². The summed E-state index contributed by atoms with van der Waals surface area (Å²) in [5.74, 6) is 1.63. The summed E-state index contributed by atoms with van der Waals surface area (Å²) in [7, 11) is 1.80. The molecule has 0 spiro atoms. The van der Waals surface area contributed by atoms with E-state index in [0.717, 1.165) is 43.3 Å². The molecule has 2 aromatic rings. The first-order valence-electron chi connectivity index (χ1n) is 9.00. The minimum atomic E-state index is 0. The molecule has 1 atom stereocenters. The number of nitrogens with zero attached hydrogens (tertiary/aromatic N) is 3. The van der Waals surface area contributed by atoms with Gasteiger partial charge in [0.1, 0.15) is 0 Å². The lowest BCUT2D eigenvalue weighted by atomic mass is 10.1. The molecule has 0 radical (unpaired) electrons. The van der Waals surface area contributed by atoms with Crippen LogP contribution < -0.4 is 15.5 Å². The lowest BCUT2D eigenvalue weighted by molar-refractivity contribution is 0.374. The van der Waals surface area contributed by atoms with E-state index in [1.165, 1.54) is 12.1 Å². The minimum absolute atomic E-state index is 0. The highest BCUT2D eigenvalue weighted by Gasteiger charge is 2.21. The fourth-order valence-electron chi connectivity index (χ4n) is 3.13. The molecule has 1 unspecified atom stereocenters. The van der Waals surface area contributed by atoms with Gasteiger partial charge in [-0.3, -0.25) is 4.99 Å². The van der Waals surface area contributed by atoms with Crippen molar-refractivity contribution in [1.82, 2.24) is 15.8 Å². The number of hydrogen-bond acceptors (Lipinski definition) is 4. The van der Waals surface area contributed by atoms with Gasteiger partial charge in [-0.25, -0.2) is 0 Å². The molecule has 0 amide bonds. The zero-order valence-corrected chi connectivity index (χ0v) is 17.8. The molecule has 0 aliphatic carbocycles. The van der Waals surface area contributed by atoms with Crippen molar-refractivity contribution in [2.75, 3.05) is 25.0 Å². The maximum atomic E-state index is 5.31. The quantitative estimate of drug-likeness (QED) is 0.400. The number of benzene rings is 1. The maximum Gasteiger partial charge on any atom is 0.191 e. The van der Waals surface area contributed by atoms with Crippen molar-refractivity contribution in [3.8, 4) is 0 Å². The van der Waals surface area contributed by atoms with E-state index in [0.29, 0.717) is 12.6 Å². The molecule has 1 fully saturated rings. The highest BCUT2D eigenvalue weighted by molar-refractivity contribution is 14.0. The summed E-state index contributed by atoms with van der Waals surface area (Å²) in [5.41, 5.74) is 2.26. The van der Waals surface area contributed by atoms with Crippen LogP contribution in [0.3, 0.4) is 0 Å². The topological polar surface area (TPSA) is 65.7 Å². The van der Waals surface area contributed by atoms with Gasteiger partial charge in [-0.15, -0.1) is 24.0 Å². The average Bonchev–Trinajstić information content (AvgIpc) is 3.14. The SMILES string of the molecule is CCc1cc(CNC(=NC)NC2CCCN(c3ccccc3)C2)on1.I. The lowest BCUT2D eigenvalue weighted by Gasteiger charge is -2.35. The monoisotopic (exact) mass is 469 g/mol. The number of nitrogens with one attached hydrogen (secondary N) is 2.